The summed E-state index contributed by atoms with van der Waals surface area (Å²) < 4.78 is 11.0. The van der Waals surface area contributed by atoms with Crippen LogP contribution in [0.5, 0.6) is 11.5 Å². The molecule has 0 unspecified atom stereocenters. The van der Waals surface area contributed by atoms with E-state index >= 15 is 0 Å². The number of ether oxygens (including phenoxy) is 2. The first-order chi connectivity index (χ1) is 9.74. The van der Waals surface area contributed by atoms with Gasteiger partial charge in [0.1, 0.15) is 13.2 Å². The van der Waals surface area contributed by atoms with Crippen molar-refractivity contribution in [2.24, 2.45) is 0 Å². The van der Waals surface area contributed by atoms with Gasteiger partial charge in [0.25, 0.3) is 0 Å². The molecule has 1 aromatic rings. The van der Waals surface area contributed by atoms with E-state index in [9.17, 15) is 4.79 Å². The summed E-state index contributed by atoms with van der Waals surface area (Å²) in [4.78, 5) is 14.0. The number of nitrogens with one attached hydrogen (secondary N) is 1. The lowest BCUT2D eigenvalue weighted by molar-refractivity contribution is 0.171. The maximum atomic E-state index is 12.2. The number of hydrogen-bond acceptors (Lipinski definition) is 3. The van der Waals surface area contributed by atoms with Gasteiger partial charge in [-0.15, -0.1) is 0 Å². The van der Waals surface area contributed by atoms with Crippen LogP contribution in [0.3, 0.4) is 0 Å². The highest BCUT2D eigenvalue weighted by atomic mass is 16.6. The van der Waals surface area contributed by atoms with Gasteiger partial charge >= 0.3 is 6.03 Å². The molecule has 0 spiro atoms. The van der Waals surface area contributed by atoms with Crippen LogP contribution in [-0.4, -0.2) is 37.2 Å². The minimum Gasteiger partial charge on any atom is -0.486 e. The Kier molecular flexibility index (Phi) is 5.09. The molecule has 0 radical (unpaired) electrons. The van der Waals surface area contributed by atoms with Crippen LogP contribution in [0.2, 0.25) is 0 Å². The van der Waals surface area contributed by atoms with Crippen LogP contribution in [0.4, 0.5) is 10.5 Å². The summed E-state index contributed by atoms with van der Waals surface area (Å²) in [5.74, 6) is 1.42. The molecule has 5 nitrogen and oxygen atoms in total. The molecule has 2 amide bonds. The molecule has 1 aliphatic heterocycles. The molecule has 20 heavy (non-hydrogen) atoms. The second-order valence-corrected chi connectivity index (χ2v) is 4.78. The van der Waals surface area contributed by atoms with Crippen LogP contribution in [0, 0.1) is 0 Å². The number of anilines is 1. The van der Waals surface area contributed by atoms with Crippen LogP contribution in [0.1, 0.15) is 26.7 Å². The normalized spacial score (nSPS) is 12.9. The Morgan fingerprint density at radius 2 is 1.80 bits per heavy atom. The third-order valence-corrected chi connectivity index (χ3v) is 3.07. The fraction of sp³-hybridized carbons (Fsp3) is 0.533. The molecule has 1 N–H and O–H groups in total. The molecule has 0 aromatic heterocycles. The van der Waals surface area contributed by atoms with Gasteiger partial charge in [-0.1, -0.05) is 13.8 Å². The Balaban J connectivity index is 2.03. The minimum absolute atomic E-state index is 0.0645. The van der Waals surface area contributed by atoms with Gasteiger partial charge in [-0.25, -0.2) is 4.79 Å². The van der Waals surface area contributed by atoms with Crippen molar-refractivity contribution in [2.75, 3.05) is 31.6 Å². The SMILES string of the molecule is CCCN(CCC)C(=O)Nc1ccc2c(c1)OCCO2. The van der Waals surface area contributed by atoms with E-state index in [-0.39, 0.29) is 6.03 Å². The first kappa shape index (κ1) is 14.5. The van der Waals surface area contributed by atoms with Gasteiger partial charge in [0, 0.05) is 24.8 Å². The standard InChI is InChI=1S/C15H22N2O3/c1-3-7-17(8-4-2)15(18)16-12-5-6-13-14(11-12)20-10-9-19-13/h5-6,11H,3-4,7-10H2,1-2H3,(H,16,18). The lowest BCUT2D eigenvalue weighted by Crippen LogP contribution is -2.36. The molecule has 5 heteroatoms. The van der Waals surface area contributed by atoms with Gasteiger partial charge in [-0.3, -0.25) is 0 Å². The number of amides is 2. The highest BCUT2D eigenvalue weighted by molar-refractivity contribution is 5.89. The lowest BCUT2D eigenvalue weighted by Gasteiger charge is -2.23. The smallest absolute Gasteiger partial charge is 0.321 e. The number of carbonyl (C=O) groups is 1. The summed E-state index contributed by atoms with van der Waals surface area (Å²) in [5, 5.41) is 2.91. The van der Waals surface area contributed by atoms with Crippen molar-refractivity contribution in [1.82, 2.24) is 4.90 Å². The van der Waals surface area contributed by atoms with E-state index in [1.807, 2.05) is 23.1 Å². The first-order valence-corrected chi connectivity index (χ1v) is 7.20. The lowest BCUT2D eigenvalue weighted by atomic mass is 10.2. The molecular formula is C15H22N2O3. The van der Waals surface area contributed by atoms with Crippen LogP contribution in [-0.2, 0) is 0 Å². The fourth-order valence-electron chi connectivity index (χ4n) is 2.18. The highest BCUT2D eigenvalue weighted by Crippen LogP contribution is 2.32. The topological polar surface area (TPSA) is 50.8 Å². The maximum Gasteiger partial charge on any atom is 0.321 e. The van der Waals surface area contributed by atoms with Crippen LogP contribution < -0.4 is 14.8 Å². The van der Waals surface area contributed by atoms with E-state index in [1.165, 1.54) is 0 Å². The molecule has 0 fully saturated rings. The summed E-state index contributed by atoms with van der Waals surface area (Å²) in [7, 11) is 0. The van der Waals surface area contributed by atoms with Crippen LogP contribution in [0.25, 0.3) is 0 Å². The number of carbonyl (C=O) groups excluding carboxylic acids is 1. The molecule has 0 saturated carbocycles. The highest BCUT2D eigenvalue weighted by Gasteiger charge is 2.15. The predicted octanol–water partition coefficient (Wildman–Crippen LogP) is 3.11. The molecule has 0 bridgehead atoms. The van der Waals surface area contributed by atoms with E-state index in [1.54, 1.807) is 0 Å². The molecule has 1 aromatic carbocycles. The average molecular weight is 278 g/mol. The minimum atomic E-state index is -0.0645. The van der Waals surface area contributed by atoms with Crippen LogP contribution in [0.15, 0.2) is 18.2 Å². The molecule has 0 aliphatic carbocycles. The summed E-state index contributed by atoms with van der Waals surface area (Å²) in [6.45, 7) is 6.79. The van der Waals surface area contributed by atoms with E-state index in [0.29, 0.717) is 19.0 Å². The number of urea groups is 1. The van der Waals surface area contributed by atoms with Crippen molar-refractivity contribution < 1.29 is 14.3 Å². The Labute approximate surface area is 119 Å². The zero-order valence-electron chi connectivity index (χ0n) is 12.1. The molecule has 2 rings (SSSR count). The van der Waals surface area contributed by atoms with Crippen molar-refractivity contribution in [3.8, 4) is 11.5 Å². The molecule has 110 valence electrons. The first-order valence-electron chi connectivity index (χ1n) is 7.20. The third-order valence-electron chi connectivity index (χ3n) is 3.07. The van der Waals surface area contributed by atoms with Crippen molar-refractivity contribution in [2.45, 2.75) is 26.7 Å². The van der Waals surface area contributed by atoms with Crippen LogP contribution >= 0.6 is 0 Å². The monoisotopic (exact) mass is 278 g/mol. The summed E-state index contributed by atoms with van der Waals surface area (Å²) in [6.07, 6.45) is 1.91. The molecule has 0 saturated heterocycles. The fourth-order valence-corrected chi connectivity index (χ4v) is 2.18. The second kappa shape index (κ2) is 7.03. The number of nitrogens with zero attached hydrogens (tertiary/aromatic N) is 1. The second-order valence-electron chi connectivity index (χ2n) is 4.78. The van der Waals surface area contributed by atoms with Gasteiger partial charge in [0.2, 0.25) is 0 Å². The third kappa shape index (κ3) is 3.56. The van der Waals surface area contributed by atoms with E-state index < -0.39 is 0 Å². The van der Waals surface area contributed by atoms with Crippen molar-refractivity contribution in [1.29, 1.82) is 0 Å². The quantitative estimate of drug-likeness (QED) is 0.900. The Bertz CT molecular complexity index is 456. The van der Waals surface area contributed by atoms with Gasteiger partial charge < -0.3 is 19.7 Å². The van der Waals surface area contributed by atoms with E-state index in [2.05, 4.69) is 19.2 Å². The average Bonchev–Trinajstić information content (AvgIpc) is 2.47. The zero-order chi connectivity index (χ0) is 14.4. The van der Waals surface area contributed by atoms with Gasteiger partial charge in [-0.2, -0.15) is 0 Å². The van der Waals surface area contributed by atoms with E-state index in [0.717, 1.165) is 37.4 Å². The van der Waals surface area contributed by atoms with Crippen molar-refractivity contribution in [3.63, 3.8) is 0 Å². The van der Waals surface area contributed by atoms with Gasteiger partial charge in [0.05, 0.1) is 0 Å². The number of rotatable bonds is 5. The van der Waals surface area contributed by atoms with E-state index in [4.69, 9.17) is 9.47 Å². The maximum absolute atomic E-state index is 12.2. The predicted molar refractivity (Wildman–Crippen MR) is 78.6 cm³/mol. The summed E-state index contributed by atoms with van der Waals surface area (Å²) >= 11 is 0. The molecule has 1 aliphatic rings. The number of hydrogen-bond donors (Lipinski definition) is 1. The molecule has 0 atom stereocenters. The number of fused-ring (bicyclic) bond motifs is 1. The Morgan fingerprint density at radius 3 is 2.45 bits per heavy atom. The zero-order valence-corrected chi connectivity index (χ0v) is 12.1. The van der Waals surface area contributed by atoms with Gasteiger partial charge in [0.15, 0.2) is 11.5 Å². The Hall–Kier alpha value is -1.91. The molecule has 1 heterocycles. The number of benzene rings is 1. The van der Waals surface area contributed by atoms with Crippen molar-refractivity contribution >= 4 is 11.7 Å². The van der Waals surface area contributed by atoms with Gasteiger partial charge in [-0.05, 0) is 25.0 Å². The molecular weight excluding hydrogens is 256 g/mol. The van der Waals surface area contributed by atoms with Crippen molar-refractivity contribution in [3.05, 3.63) is 18.2 Å². The Morgan fingerprint density at radius 1 is 1.15 bits per heavy atom. The largest absolute Gasteiger partial charge is 0.486 e. The summed E-state index contributed by atoms with van der Waals surface area (Å²) in [5.41, 5.74) is 0.733. The summed E-state index contributed by atoms with van der Waals surface area (Å²) in [6, 6.07) is 5.41.